The maximum absolute atomic E-state index is 11.9. The monoisotopic (exact) mass is 271 g/mol. The minimum atomic E-state index is -0.292. The first-order valence-corrected chi connectivity index (χ1v) is 6.45. The predicted octanol–water partition coefficient (Wildman–Crippen LogP) is 2.65. The maximum atomic E-state index is 11.9. The van der Waals surface area contributed by atoms with Gasteiger partial charge in [0.15, 0.2) is 6.29 Å². The lowest BCUT2D eigenvalue weighted by Crippen LogP contribution is -2.21. The van der Waals surface area contributed by atoms with E-state index in [2.05, 4.69) is 0 Å². The molecule has 0 unspecified atom stereocenters. The fraction of sp³-hybridized carbons (Fsp3) is 0.250. The topological polar surface area (TPSA) is 48.3 Å². The summed E-state index contributed by atoms with van der Waals surface area (Å²) in [7, 11) is 1.66. The zero-order valence-electron chi connectivity index (χ0n) is 11.8. The Morgan fingerprint density at radius 1 is 1.10 bits per heavy atom. The van der Waals surface area contributed by atoms with Crippen molar-refractivity contribution in [1.29, 1.82) is 0 Å². The number of carbonyl (C=O) groups is 1. The van der Waals surface area contributed by atoms with E-state index in [-0.39, 0.29) is 17.2 Å². The van der Waals surface area contributed by atoms with Gasteiger partial charge in [-0.25, -0.2) is 0 Å². The zero-order valence-corrected chi connectivity index (χ0v) is 11.8. The second-order valence-corrected chi connectivity index (χ2v) is 4.85. The Bertz CT molecular complexity index is 669. The standard InChI is InChI=1S/C16H17NO3/c1-11(2)20-14-7-4-12(5-8-14)15-9-6-13(10-18)16(19)17(15)3/h4-11H,1-3H3. The van der Waals surface area contributed by atoms with E-state index in [4.69, 9.17) is 4.74 Å². The first-order chi connectivity index (χ1) is 9.52. The van der Waals surface area contributed by atoms with Crippen LogP contribution in [0, 0.1) is 0 Å². The minimum Gasteiger partial charge on any atom is -0.491 e. The van der Waals surface area contributed by atoms with Crippen molar-refractivity contribution in [3.05, 3.63) is 52.3 Å². The van der Waals surface area contributed by atoms with E-state index in [0.717, 1.165) is 17.0 Å². The van der Waals surface area contributed by atoms with Crippen LogP contribution >= 0.6 is 0 Å². The lowest BCUT2D eigenvalue weighted by atomic mass is 10.1. The number of hydrogen-bond acceptors (Lipinski definition) is 3. The largest absolute Gasteiger partial charge is 0.491 e. The van der Waals surface area contributed by atoms with Crippen molar-refractivity contribution in [2.24, 2.45) is 7.05 Å². The van der Waals surface area contributed by atoms with Gasteiger partial charge in [-0.3, -0.25) is 9.59 Å². The molecule has 4 nitrogen and oxygen atoms in total. The van der Waals surface area contributed by atoms with Crippen LogP contribution in [-0.4, -0.2) is 17.0 Å². The SMILES string of the molecule is CC(C)Oc1ccc(-c2ccc(C=O)c(=O)n2C)cc1. The molecule has 1 aromatic heterocycles. The highest BCUT2D eigenvalue weighted by atomic mass is 16.5. The number of aromatic nitrogens is 1. The van der Waals surface area contributed by atoms with Crippen molar-refractivity contribution in [3.63, 3.8) is 0 Å². The number of hydrogen-bond donors (Lipinski definition) is 0. The Balaban J connectivity index is 2.40. The fourth-order valence-electron chi connectivity index (χ4n) is 2.01. The van der Waals surface area contributed by atoms with Crippen molar-refractivity contribution in [3.8, 4) is 17.0 Å². The second kappa shape index (κ2) is 5.74. The van der Waals surface area contributed by atoms with E-state index in [0.29, 0.717) is 6.29 Å². The van der Waals surface area contributed by atoms with Crippen LogP contribution in [0.15, 0.2) is 41.2 Å². The Morgan fingerprint density at radius 2 is 1.75 bits per heavy atom. The van der Waals surface area contributed by atoms with E-state index in [1.807, 2.05) is 38.1 Å². The van der Waals surface area contributed by atoms with Gasteiger partial charge in [-0.1, -0.05) is 0 Å². The molecule has 4 heteroatoms. The van der Waals surface area contributed by atoms with Gasteiger partial charge in [-0.2, -0.15) is 0 Å². The molecule has 20 heavy (non-hydrogen) atoms. The van der Waals surface area contributed by atoms with Crippen molar-refractivity contribution in [2.45, 2.75) is 20.0 Å². The van der Waals surface area contributed by atoms with Gasteiger partial charge in [0.1, 0.15) is 5.75 Å². The van der Waals surface area contributed by atoms with Gasteiger partial charge >= 0.3 is 0 Å². The third-order valence-electron chi connectivity index (χ3n) is 2.98. The Morgan fingerprint density at radius 3 is 2.30 bits per heavy atom. The average Bonchev–Trinajstić information content (AvgIpc) is 2.42. The molecule has 0 atom stereocenters. The molecule has 2 rings (SSSR count). The summed E-state index contributed by atoms with van der Waals surface area (Å²) in [4.78, 5) is 22.7. The van der Waals surface area contributed by atoms with E-state index >= 15 is 0 Å². The summed E-state index contributed by atoms with van der Waals surface area (Å²) < 4.78 is 7.05. The van der Waals surface area contributed by atoms with Crippen LogP contribution in [0.4, 0.5) is 0 Å². The number of ether oxygens (including phenoxy) is 1. The van der Waals surface area contributed by atoms with Crippen LogP contribution in [0.3, 0.4) is 0 Å². The third kappa shape index (κ3) is 2.79. The molecule has 0 saturated carbocycles. The molecule has 0 N–H and O–H groups in total. The van der Waals surface area contributed by atoms with Crippen LogP contribution in [0.25, 0.3) is 11.3 Å². The molecule has 1 aromatic carbocycles. The van der Waals surface area contributed by atoms with Gasteiger partial charge in [0.2, 0.25) is 0 Å². The lowest BCUT2D eigenvalue weighted by Gasteiger charge is -2.12. The molecule has 0 aliphatic heterocycles. The molecule has 0 saturated heterocycles. The van der Waals surface area contributed by atoms with Crippen LogP contribution in [-0.2, 0) is 7.05 Å². The number of nitrogens with zero attached hydrogens (tertiary/aromatic N) is 1. The highest BCUT2D eigenvalue weighted by Gasteiger charge is 2.07. The molecular formula is C16H17NO3. The molecule has 0 spiro atoms. The molecule has 104 valence electrons. The fourth-order valence-corrected chi connectivity index (χ4v) is 2.01. The smallest absolute Gasteiger partial charge is 0.261 e. The van der Waals surface area contributed by atoms with Crippen molar-refractivity contribution in [1.82, 2.24) is 4.57 Å². The molecule has 0 bridgehead atoms. The Kier molecular flexibility index (Phi) is 4.03. The van der Waals surface area contributed by atoms with Gasteiger partial charge in [0, 0.05) is 7.05 Å². The summed E-state index contributed by atoms with van der Waals surface area (Å²) in [6, 6.07) is 10.8. The molecule has 1 heterocycles. The lowest BCUT2D eigenvalue weighted by molar-refractivity contribution is 0.112. The summed E-state index contributed by atoms with van der Waals surface area (Å²) in [5.74, 6) is 0.790. The van der Waals surface area contributed by atoms with Crippen molar-refractivity contribution < 1.29 is 9.53 Å². The second-order valence-electron chi connectivity index (χ2n) is 4.85. The number of benzene rings is 1. The molecule has 2 aromatic rings. The average molecular weight is 271 g/mol. The summed E-state index contributed by atoms with van der Waals surface area (Å²) in [6.07, 6.45) is 0.697. The summed E-state index contributed by atoms with van der Waals surface area (Å²) in [5, 5.41) is 0. The number of pyridine rings is 1. The van der Waals surface area contributed by atoms with Crippen molar-refractivity contribution >= 4 is 6.29 Å². The maximum Gasteiger partial charge on any atom is 0.261 e. The van der Waals surface area contributed by atoms with Gasteiger partial charge in [-0.05, 0) is 55.8 Å². The van der Waals surface area contributed by atoms with Gasteiger partial charge in [0.25, 0.3) is 5.56 Å². The summed E-state index contributed by atoms with van der Waals surface area (Å²) >= 11 is 0. The van der Waals surface area contributed by atoms with Crippen LogP contribution in [0.5, 0.6) is 5.75 Å². The highest BCUT2D eigenvalue weighted by molar-refractivity contribution is 5.75. The molecule has 0 fully saturated rings. The molecular weight excluding hydrogens is 254 g/mol. The van der Waals surface area contributed by atoms with Crippen LogP contribution in [0.2, 0.25) is 0 Å². The van der Waals surface area contributed by atoms with Gasteiger partial charge in [0.05, 0.1) is 17.4 Å². The van der Waals surface area contributed by atoms with E-state index in [9.17, 15) is 9.59 Å². The summed E-state index contributed by atoms with van der Waals surface area (Å²) in [5.41, 5.74) is 1.53. The Hall–Kier alpha value is -2.36. The quantitative estimate of drug-likeness (QED) is 0.803. The Labute approximate surface area is 117 Å². The number of carbonyl (C=O) groups excluding carboxylic acids is 1. The van der Waals surface area contributed by atoms with E-state index in [1.54, 1.807) is 19.2 Å². The van der Waals surface area contributed by atoms with E-state index < -0.39 is 0 Å². The highest BCUT2D eigenvalue weighted by Crippen LogP contribution is 2.21. The van der Waals surface area contributed by atoms with Crippen LogP contribution in [0.1, 0.15) is 24.2 Å². The first kappa shape index (κ1) is 14.1. The third-order valence-corrected chi connectivity index (χ3v) is 2.98. The minimum absolute atomic E-state index is 0.122. The zero-order chi connectivity index (χ0) is 14.7. The first-order valence-electron chi connectivity index (χ1n) is 6.45. The van der Waals surface area contributed by atoms with Crippen molar-refractivity contribution in [2.75, 3.05) is 0 Å². The van der Waals surface area contributed by atoms with Crippen LogP contribution < -0.4 is 10.3 Å². The summed E-state index contributed by atoms with van der Waals surface area (Å²) in [6.45, 7) is 3.94. The van der Waals surface area contributed by atoms with E-state index in [1.165, 1.54) is 4.57 Å². The number of rotatable bonds is 4. The van der Waals surface area contributed by atoms with Gasteiger partial charge < -0.3 is 9.30 Å². The molecule has 0 amide bonds. The number of aldehydes is 1. The molecule has 0 radical (unpaired) electrons. The normalized spacial score (nSPS) is 10.6. The predicted molar refractivity (Wildman–Crippen MR) is 78.3 cm³/mol. The van der Waals surface area contributed by atoms with Gasteiger partial charge in [-0.15, -0.1) is 0 Å². The molecule has 0 aliphatic rings. The molecule has 0 aliphatic carbocycles.